The molecule has 0 atom stereocenters. The Morgan fingerprint density at radius 3 is 2.96 bits per heavy atom. The van der Waals surface area contributed by atoms with Gasteiger partial charge in [0, 0.05) is 32.6 Å². The van der Waals surface area contributed by atoms with E-state index < -0.39 is 0 Å². The van der Waals surface area contributed by atoms with Gasteiger partial charge in [-0.25, -0.2) is 0 Å². The third-order valence-electron chi connectivity index (χ3n) is 4.45. The van der Waals surface area contributed by atoms with Gasteiger partial charge >= 0.3 is 0 Å². The highest BCUT2D eigenvalue weighted by Crippen LogP contribution is 2.32. The quantitative estimate of drug-likeness (QED) is 0.825. The Kier molecular flexibility index (Phi) is 4.04. The molecule has 2 aliphatic rings. The summed E-state index contributed by atoms with van der Waals surface area (Å²) in [6.07, 6.45) is -0.000194. The number of ether oxygens (including phenoxy) is 2. The summed E-state index contributed by atoms with van der Waals surface area (Å²) >= 11 is 0. The SMILES string of the molecule is Cc1nnc(COC2CN(C(=O)c3ccc4c(c3)N(C)CCO4)C2)o1. The molecule has 1 aromatic heterocycles. The topological polar surface area (TPSA) is 80.9 Å². The Morgan fingerprint density at radius 2 is 2.20 bits per heavy atom. The van der Waals surface area contributed by atoms with Crippen molar-refractivity contribution < 1.29 is 18.7 Å². The molecule has 1 aromatic carbocycles. The number of carbonyl (C=O) groups is 1. The first kappa shape index (κ1) is 15.9. The van der Waals surface area contributed by atoms with Gasteiger partial charge in [0.05, 0.1) is 18.3 Å². The van der Waals surface area contributed by atoms with E-state index in [0.29, 0.717) is 37.0 Å². The van der Waals surface area contributed by atoms with Crippen LogP contribution in [0.5, 0.6) is 5.75 Å². The average Bonchev–Trinajstić information content (AvgIpc) is 2.99. The van der Waals surface area contributed by atoms with Gasteiger partial charge in [-0.05, 0) is 18.2 Å². The van der Waals surface area contributed by atoms with E-state index in [1.165, 1.54) is 0 Å². The minimum atomic E-state index is -0.000194. The zero-order valence-electron chi connectivity index (χ0n) is 14.3. The summed E-state index contributed by atoms with van der Waals surface area (Å²) in [5.74, 6) is 1.81. The summed E-state index contributed by atoms with van der Waals surface area (Å²) in [6.45, 7) is 4.63. The number of fused-ring (bicyclic) bond motifs is 1. The van der Waals surface area contributed by atoms with E-state index in [0.717, 1.165) is 18.0 Å². The maximum atomic E-state index is 12.6. The van der Waals surface area contributed by atoms with Crippen LogP contribution in [-0.4, -0.2) is 60.4 Å². The number of amides is 1. The maximum Gasteiger partial charge on any atom is 0.254 e. The van der Waals surface area contributed by atoms with Crippen molar-refractivity contribution in [2.45, 2.75) is 19.6 Å². The van der Waals surface area contributed by atoms with Gasteiger partial charge in [0.25, 0.3) is 5.91 Å². The molecule has 0 aliphatic carbocycles. The molecule has 2 aliphatic heterocycles. The number of hydrogen-bond donors (Lipinski definition) is 0. The molecule has 0 spiro atoms. The summed E-state index contributed by atoms with van der Waals surface area (Å²) in [6, 6.07) is 5.58. The molecule has 25 heavy (non-hydrogen) atoms. The molecule has 2 aromatic rings. The number of anilines is 1. The van der Waals surface area contributed by atoms with E-state index >= 15 is 0 Å². The van der Waals surface area contributed by atoms with Crippen LogP contribution < -0.4 is 9.64 Å². The van der Waals surface area contributed by atoms with Crippen LogP contribution in [0.15, 0.2) is 22.6 Å². The highest BCUT2D eigenvalue weighted by Gasteiger charge is 2.32. The third-order valence-corrected chi connectivity index (χ3v) is 4.45. The average molecular weight is 344 g/mol. The largest absolute Gasteiger partial charge is 0.490 e. The highest BCUT2D eigenvalue weighted by atomic mass is 16.5. The molecule has 0 unspecified atom stereocenters. The zero-order valence-corrected chi connectivity index (χ0v) is 14.3. The van der Waals surface area contributed by atoms with Crippen LogP contribution in [0, 0.1) is 6.92 Å². The summed E-state index contributed by atoms with van der Waals surface area (Å²) in [5, 5.41) is 7.64. The van der Waals surface area contributed by atoms with Crippen molar-refractivity contribution in [3.63, 3.8) is 0 Å². The van der Waals surface area contributed by atoms with Crippen LogP contribution in [0.4, 0.5) is 5.69 Å². The molecule has 4 rings (SSSR count). The van der Waals surface area contributed by atoms with Crippen LogP contribution >= 0.6 is 0 Å². The van der Waals surface area contributed by atoms with Gasteiger partial charge in [-0.3, -0.25) is 4.79 Å². The number of rotatable bonds is 4. The Morgan fingerprint density at radius 1 is 1.36 bits per heavy atom. The summed E-state index contributed by atoms with van der Waals surface area (Å²) < 4.78 is 16.6. The number of likely N-dealkylation sites (tertiary alicyclic amines) is 1. The van der Waals surface area contributed by atoms with Crippen LogP contribution in [0.1, 0.15) is 22.1 Å². The van der Waals surface area contributed by atoms with Crippen molar-refractivity contribution in [3.8, 4) is 5.75 Å². The van der Waals surface area contributed by atoms with Crippen molar-refractivity contribution in [1.29, 1.82) is 0 Å². The maximum absolute atomic E-state index is 12.6. The number of benzene rings is 1. The van der Waals surface area contributed by atoms with Gasteiger partial charge in [-0.2, -0.15) is 0 Å². The summed E-state index contributed by atoms with van der Waals surface area (Å²) in [5.41, 5.74) is 1.62. The molecule has 1 amide bonds. The Bertz CT molecular complexity index is 785. The molecule has 0 N–H and O–H groups in total. The van der Waals surface area contributed by atoms with Gasteiger partial charge in [-0.1, -0.05) is 0 Å². The molecule has 0 radical (unpaired) electrons. The normalized spacial score (nSPS) is 17.0. The monoisotopic (exact) mass is 344 g/mol. The van der Waals surface area contributed by atoms with Gasteiger partial charge in [0.15, 0.2) is 0 Å². The number of likely N-dealkylation sites (N-methyl/N-ethyl adjacent to an activating group) is 1. The van der Waals surface area contributed by atoms with E-state index in [1.807, 2.05) is 25.2 Å². The molecular weight excluding hydrogens is 324 g/mol. The van der Waals surface area contributed by atoms with Crippen LogP contribution in [0.2, 0.25) is 0 Å². The van der Waals surface area contributed by atoms with Crippen molar-refractivity contribution in [2.75, 3.05) is 38.2 Å². The number of nitrogens with zero attached hydrogens (tertiary/aromatic N) is 4. The number of aryl methyl sites for hydroxylation is 1. The second-order valence-electron chi connectivity index (χ2n) is 6.31. The predicted octanol–water partition coefficient (Wildman–Crippen LogP) is 1.25. The smallest absolute Gasteiger partial charge is 0.254 e. The fraction of sp³-hybridized carbons (Fsp3) is 0.471. The second-order valence-corrected chi connectivity index (χ2v) is 6.31. The lowest BCUT2D eigenvalue weighted by molar-refractivity contribution is -0.0560. The first-order chi connectivity index (χ1) is 12.1. The molecule has 8 heteroatoms. The lowest BCUT2D eigenvalue weighted by Crippen LogP contribution is -2.54. The summed E-state index contributed by atoms with van der Waals surface area (Å²) in [7, 11) is 2.00. The number of hydrogen-bond acceptors (Lipinski definition) is 7. The lowest BCUT2D eigenvalue weighted by atomic mass is 10.1. The van der Waals surface area contributed by atoms with Crippen molar-refractivity contribution >= 4 is 11.6 Å². The molecule has 1 fully saturated rings. The molecule has 0 bridgehead atoms. The number of aromatic nitrogens is 2. The van der Waals surface area contributed by atoms with Gasteiger partial charge < -0.3 is 23.7 Å². The standard InChI is InChI=1S/C17H20N4O4/c1-11-18-19-16(25-11)10-24-13-8-21(9-13)17(22)12-3-4-15-14(7-12)20(2)5-6-23-15/h3-4,7,13H,5-6,8-10H2,1-2H3. The van der Waals surface area contributed by atoms with Crippen molar-refractivity contribution in [1.82, 2.24) is 15.1 Å². The Hall–Kier alpha value is -2.61. The van der Waals surface area contributed by atoms with E-state index in [9.17, 15) is 4.79 Å². The molecule has 8 nitrogen and oxygen atoms in total. The lowest BCUT2D eigenvalue weighted by Gasteiger charge is -2.39. The Balaban J connectivity index is 1.33. The fourth-order valence-electron chi connectivity index (χ4n) is 2.96. The first-order valence-corrected chi connectivity index (χ1v) is 8.28. The van der Waals surface area contributed by atoms with Crippen LogP contribution in [0.3, 0.4) is 0 Å². The molecule has 132 valence electrons. The highest BCUT2D eigenvalue weighted by molar-refractivity contribution is 5.96. The molecule has 0 saturated carbocycles. The minimum Gasteiger partial charge on any atom is -0.490 e. The third kappa shape index (κ3) is 3.17. The van der Waals surface area contributed by atoms with Crippen LogP contribution in [-0.2, 0) is 11.3 Å². The van der Waals surface area contributed by atoms with Crippen LogP contribution in [0.25, 0.3) is 0 Å². The van der Waals surface area contributed by atoms with E-state index in [-0.39, 0.29) is 18.6 Å². The molecule has 3 heterocycles. The van der Waals surface area contributed by atoms with Gasteiger partial charge in [0.1, 0.15) is 19.0 Å². The Labute approximate surface area is 145 Å². The van der Waals surface area contributed by atoms with Gasteiger partial charge in [-0.15, -0.1) is 10.2 Å². The zero-order chi connectivity index (χ0) is 17.4. The predicted molar refractivity (Wildman–Crippen MR) is 88.7 cm³/mol. The van der Waals surface area contributed by atoms with Crippen molar-refractivity contribution in [3.05, 3.63) is 35.5 Å². The summed E-state index contributed by atoms with van der Waals surface area (Å²) in [4.78, 5) is 16.5. The van der Waals surface area contributed by atoms with Crippen molar-refractivity contribution in [2.24, 2.45) is 0 Å². The van der Waals surface area contributed by atoms with E-state index in [2.05, 4.69) is 15.1 Å². The van der Waals surface area contributed by atoms with E-state index in [4.69, 9.17) is 13.9 Å². The first-order valence-electron chi connectivity index (χ1n) is 8.28. The van der Waals surface area contributed by atoms with Gasteiger partial charge in [0.2, 0.25) is 11.8 Å². The fourth-order valence-corrected chi connectivity index (χ4v) is 2.96. The number of carbonyl (C=O) groups excluding carboxylic acids is 1. The second kappa shape index (κ2) is 6.36. The molecular formula is C17H20N4O4. The minimum absolute atomic E-state index is 0.000194. The van der Waals surface area contributed by atoms with E-state index in [1.54, 1.807) is 11.8 Å². The molecule has 1 saturated heterocycles.